The summed E-state index contributed by atoms with van der Waals surface area (Å²) in [5.41, 5.74) is 0. The first-order chi connectivity index (χ1) is 5.72. The van der Waals surface area contributed by atoms with Gasteiger partial charge in [-0.3, -0.25) is 0 Å². The van der Waals surface area contributed by atoms with Crippen LogP contribution in [0, 0.1) is 5.92 Å². The fraction of sp³-hybridized carbons (Fsp3) is 0.800. The van der Waals surface area contributed by atoms with E-state index in [0.29, 0.717) is 0 Å². The first-order valence-corrected chi connectivity index (χ1v) is 4.85. The molecule has 68 valence electrons. The Hall–Kier alpha value is -0.660. The van der Waals surface area contributed by atoms with Gasteiger partial charge in [0.15, 0.2) is 6.54 Å². The average molecular weight is 168 g/mol. The minimum atomic E-state index is 0.825. The topological polar surface area (TPSA) is 6.02 Å². The first kappa shape index (κ1) is 9.43. The van der Waals surface area contributed by atoms with E-state index in [1.165, 1.54) is 19.4 Å². The molecule has 0 amide bonds. The summed E-state index contributed by atoms with van der Waals surface area (Å²) in [6, 6.07) is 0. The Labute approximate surface area is 75.2 Å². The lowest BCUT2D eigenvalue weighted by atomic mass is 10.1. The molecule has 0 spiro atoms. The second kappa shape index (κ2) is 4.39. The standard InChI is InChI=1S/C10H20N2/c1-4-5-10(2)8-12-7-6-11(3)9-12/h6-7,10H,4-5,8-9H2,1-3H3/q+2. The molecule has 0 aliphatic carbocycles. The van der Waals surface area contributed by atoms with Crippen LogP contribution in [0.2, 0.25) is 0 Å². The molecule has 0 bridgehead atoms. The number of rotatable bonds is 4. The summed E-state index contributed by atoms with van der Waals surface area (Å²) < 4.78 is 4.58. The lowest BCUT2D eigenvalue weighted by Crippen LogP contribution is -2.21. The van der Waals surface area contributed by atoms with Crippen molar-refractivity contribution in [3.8, 4) is 0 Å². The van der Waals surface area contributed by atoms with Crippen LogP contribution < -0.4 is 0 Å². The molecule has 1 aliphatic heterocycles. The first-order valence-electron chi connectivity index (χ1n) is 4.85. The molecule has 1 atom stereocenters. The van der Waals surface area contributed by atoms with Crippen LogP contribution in [0.1, 0.15) is 26.7 Å². The number of hydrogen-bond donors (Lipinski definition) is 0. The Balaban J connectivity index is 2.25. The Morgan fingerprint density at radius 3 is 2.67 bits per heavy atom. The Morgan fingerprint density at radius 2 is 2.17 bits per heavy atom. The van der Waals surface area contributed by atoms with Gasteiger partial charge in [0, 0.05) is 5.92 Å². The third kappa shape index (κ3) is 2.76. The molecular weight excluding hydrogens is 148 g/mol. The van der Waals surface area contributed by atoms with Gasteiger partial charge >= 0.3 is 6.67 Å². The molecule has 0 aromatic rings. The highest BCUT2D eigenvalue weighted by atomic mass is 15.2. The molecule has 2 nitrogen and oxygen atoms in total. The molecular formula is C10H20N2+2. The molecule has 12 heavy (non-hydrogen) atoms. The van der Waals surface area contributed by atoms with Gasteiger partial charge in [-0.05, 0) is 6.42 Å². The molecule has 1 unspecified atom stereocenters. The monoisotopic (exact) mass is 168 g/mol. The van der Waals surface area contributed by atoms with E-state index in [1.54, 1.807) is 0 Å². The molecule has 0 saturated heterocycles. The van der Waals surface area contributed by atoms with E-state index in [1.807, 2.05) is 0 Å². The van der Waals surface area contributed by atoms with E-state index in [4.69, 9.17) is 0 Å². The molecule has 0 saturated carbocycles. The van der Waals surface area contributed by atoms with E-state index >= 15 is 0 Å². The van der Waals surface area contributed by atoms with Gasteiger partial charge in [0.05, 0.1) is 0 Å². The molecule has 0 aromatic carbocycles. The fourth-order valence-corrected chi connectivity index (χ4v) is 1.69. The Morgan fingerprint density at radius 1 is 1.42 bits per heavy atom. The second-order valence-corrected chi connectivity index (χ2v) is 3.86. The highest BCUT2D eigenvalue weighted by molar-refractivity contribution is 6.11. The van der Waals surface area contributed by atoms with Crippen LogP contribution in [0.3, 0.4) is 0 Å². The molecule has 0 radical (unpaired) electrons. The summed E-state index contributed by atoms with van der Waals surface area (Å²) >= 11 is 0. The van der Waals surface area contributed by atoms with Gasteiger partial charge < -0.3 is 0 Å². The quantitative estimate of drug-likeness (QED) is 0.556. The van der Waals surface area contributed by atoms with E-state index in [-0.39, 0.29) is 0 Å². The molecule has 1 rings (SSSR count). The van der Waals surface area contributed by atoms with Crippen LogP contribution in [0.5, 0.6) is 0 Å². The summed E-state index contributed by atoms with van der Waals surface area (Å²) in [4.78, 5) is 0. The van der Waals surface area contributed by atoms with Crippen LogP contribution in [0.25, 0.3) is 0 Å². The number of hydrogen-bond acceptors (Lipinski definition) is 0. The van der Waals surface area contributed by atoms with Crippen molar-refractivity contribution in [1.82, 2.24) is 0 Å². The normalized spacial score (nSPS) is 18.9. The summed E-state index contributed by atoms with van der Waals surface area (Å²) in [5.74, 6) is 0.825. The van der Waals surface area contributed by atoms with Gasteiger partial charge in [0.1, 0.15) is 7.05 Å². The summed E-state index contributed by atoms with van der Waals surface area (Å²) in [6.07, 6.45) is 6.97. The van der Waals surface area contributed by atoms with Crippen LogP contribution in [0.15, 0.2) is 0 Å². The molecule has 1 aliphatic rings. The highest BCUT2D eigenvalue weighted by Crippen LogP contribution is 2.04. The summed E-state index contributed by atoms with van der Waals surface area (Å²) in [5, 5.41) is 0. The average Bonchev–Trinajstić information content (AvgIpc) is 2.36. The Kier molecular flexibility index (Phi) is 3.45. The van der Waals surface area contributed by atoms with Crippen LogP contribution >= 0.6 is 0 Å². The third-order valence-corrected chi connectivity index (χ3v) is 2.26. The maximum atomic E-state index is 2.38. The zero-order valence-electron chi connectivity index (χ0n) is 8.45. The predicted octanol–water partition coefficient (Wildman–Crippen LogP) is 1.19. The maximum Gasteiger partial charge on any atom is 0.334 e. The zero-order chi connectivity index (χ0) is 8.97. The summed E-state index contributed by atoms with van der Waals surface area (Å²) in [7, 11) is 2.11. The van der Waals surface area contributed by atoms with Crippen molar-refractivity contribution in [1.29, 1.82) is 0 Å². The summed E-state index contributed by atoms with van der Waals surface area (Å²) in [6.45, 7) is 6.85. The molecule has 1 heterocycles. The molecule has 0 aromatic heterocycles. The smallest absolute Gasteiger partial charge is 0.176 e. The fourth-order valence-electron chi connectivity index (χ4n) is 1.69. The van der Waals surface area contributed by atoms with E-state index in [0.717, 1.165) is 12.6 Å². The van der Waals surface area contributed by atoms with Crippen LogP contribution in [-0.4, -0.2) is 41.8 Å². The minimum absolute atomic E-state index is 0.825. The second-order valence-electron chi connectivity index (χ2n) is 3.86. The SMILES string of the molecule is CCCC(C)C[N+]1=CC=[N+](C)C1. The predicted molar refractivity (Wildman–Crippen MR) is 52.4 cm³/mol. The van der Waals surface area contributed by atoms with E-state index in [2.05, 4.69) is 42.5 Å². The van der Waals surface area contributed by atoms with Crippen molar-refractivity contribution < 1.29 is 9.15 Å². The lowest BCUT2D eigenvalue weighted by molar-refractivity contribution is -0.701. The van der Waals surface area contributed by atoms with Crippen molar-refractivity contribution in [2.45, 2.75) is 26.7 Å². The van der Waals surface area contributed by atoms with Gasteiger partial charge in [0.25, 0.3) is 0 Å². The number of nitrogens with zero attached hydrogens (tertiary/aromatic N) is 2. The van der Waals surface area contributed by atoms with Crippen molar-refractivity contribution in [2.24, 2.45) is 5.92 Å². The van der Waals surface area contributed by atoms with Gasteiger partial charge in [-0.2, -0.15) is 9.15 Å². The highest BCUT2D eigenvalue weighted by Gasteiger charge is 2.18. The van der Waals surface area contributed by atoms with Crippen LogP contribution in [0.4, 0.5) is 0 Å². The van der Waals surface area contributed by atoms with Gasteiger partial charge in [-0.25, -0.2) is 0 Å². The van der Waals surface area contributed by atoms with Gasteiger partial charge in [0.2, 0.25) is 12.4 Å². The van der Waals surface area contributed by atoms with Crippen LogP contribution in [-0.2, 0) is 0 Å². The molecule has 2 heteroatoms. The van der Waals surface area contributed by atoms with E-state index < -0.39 is 0 Å². The maximum absolute atomic E-state index is 2.38. The lowest BCUT2D eigenvalue weighted by Gasteiger charge is -2.04. The molecule has 0 N–H and O–H groups in total. The zero-order valence-corrected chi connectivity index (χ0v) is 8.45. The van der Waals surface area contributed by atoms with Crippen molar-refractivity contribution in [3.05, 3.63) is 0 Å². The van der Waals surface area contributed by atoms with Gasteiger partial charge in [-0.15, -0.1) is 0 Å². The van der Waals surface area contributed by atoms with Gasteiger partial charge in [-0.1, -0.05) is 20.3 Å². The van der Waals surface area contributed by atoms with Crippen molar-refractivity contribution in [3.63, 3.8) is 0 Å². The van der Waals surface area contributed by atoms with E-state index in [9.17, 15) is 0 Å². The largest absolute Gasteiger partial charge is 0.334 e. The third-order valence-electron chi connectivity index (χ3n) is 2.26. The van der Waals surface area contributed by atoms with Crippen molar-refractivity contribution in [2.75, 3.05) is 20.3 Å². The van der Waals surface area contributed by atoms with Crippen molar-refractivity contribution >= 4 is 12.4 Å². The Bertz CT molecular complexity index is 204. The minimum Gasteiger partial charge on any atom is -0.176 e. The molecule has 0 fully saturated rings.